The molecular weight excluding hydrogens is 284 g/mol. The molecule has 1 aliphatic rings. The third-order valence-electron chi connectivity index (χ3n) is 3.86. The van der Waals surface area contributed by atoms with Crippen molar-refractivity contribution in [1.82, 2.24) is 4.90 Å². The summed E-state index contributed by atoms with van der Waals surface area (Å²) < 4.78 is 5.68. The van der Waals surface area contributed by atoms with Gasteiger partial charge in [0.15, 0.2) is 0 Å². The Morgan fingerprint density at radius 3 is 2.76 bits per heavy atom. The molecule has 1 saturated heterocycles. The monoisotopic (exact) mass is 306 g/mol. The van der Waals surface area contributed by atoms with Crippen LogP contribution in [0.25, 0.3) is 0 Å². The lowest BCUT2D eigenvalue weighted by atomic mass is 10.0. The minimum Gasteiger partial charge on any atom is -0.492 e. The molecule has 1 aromatic rings. The Hall–Kier alpha value is -1.62. The molecule has 2 rings (SSSR count). The second-order valence-corrected chi connectivity index (χ2v) is 5.99. The van der Waals surface area contributed by atoms with Crippen LogP contribution in [-0.2, 0) is 4.79 Å². The van der Waals surface area contributed by atoms with E-state index in [1.165, 1.54) is 0 Å². The molecule has 0 bridgehead atoms. The number of amides is 1. The van der Waals surface area contributed by atoms with Crippen LogP contribution in [-0.4, -0.2) is 35.5 Å². The van der Waals surface area contributed by atoms with E-state index in [1.54, 1.807) is 0 Å². The molecule has 0 aromatic heterocycles. The fourth-order valence-electron chi connectivity index (χ4n) is 2.40. The molecule has 0 radical (unpaired) electrons. The van der Waals surface area contributed by atoms with Gasteiger partial charge in [-0.2, -0.15) is 0 Å². The second-order valence-electron chi connectivity index (χ2n) is 5.55. The number of carbonyl (C=O) groups is 1. The number of nitrogens with zero attached hydrogens (tertiary/aromatic N) is 1. The number of likely N-dealkylation sites (tertiary alicyclic amines) is 1. The quantitative estimate of drug-likeness (QED) is 0.849. The smallest absolute Gasteiger partial charge is 0.222 e. The Kier molecular flexibility index (Phi) is 5.56. The van der Waals surface area contributed by atoms with Gasteiger partial charge in [0.25, 0.3) is 0 Å². The molecule has 2 N–H and O–H groups in total. The minimum atomic E-state index is 0.242. The van der Waals surface area contributed by atoms with E-state index in [2.05, 4.69) is 6.92 Å². The number of rotatable bonds is 5. The highest BCUT2D eigenvalue weighted by Gasteiger charge is 2.19. The number of hydrogen-bond acceptors (Lipinski definition) is 3. The average molecular weight is 306 g/mol. The Bertz CT molecular complexity index is 502. The maximum atomic E-state index is 12.0. The molecule has 0 spiro atoms. The van der Waals surface area contributed by atoms with Gasteiger partial charge in [-0.3, -0.25) is 4.79 Å². The van der Waals surface area contributed by atoms with Crippen molar-refractivity contribution in [2.45, 2.75) is 26.2 Å². The van der Waals surface area contributed by atoms with E-state index in [4.69, 9.17) is 22.7 Å². The van der Waals surface area contributed by atoms with Crippen LogP contribution in [0.1, 0.15) is 31.7 Å². The molecule has 0 saturated carbocycles. The van der Waals surface area contributed by atoms with Crippen molar-refractivity contribution < 1.29 is 9.53 Å². The van der Waals surface area contributed by atoms with E-state index in [1.807, 2.05) is 29.2 Å². The van der Waals surface area contributed by atoms with Gasteiger partial charge in [-0.15, -0.1) is 0 Å². The first-order valence-electron chi connectivity index (χ1n) is 7.36. The van der Waals surface area contributed by atoms with Crippen molar-refractivity contribution in [3.8, 4) is 5.75 Å². The summed E-state index contributed by atoms with van der Waals surface area (Å²) in [4.78, 5) is 14.3. The minimum absolute atomic E-state index is 0.242. The molecule has 1 heterocycles. The summed E-state index contributed by atoms with van der Waals surface area (Å²) in [5.74, 6) is 1.64. The maximum Gasteiger partial charge on any atom is 0.222 e. The summed E-state index contributed by atoms with van der Waals surface area (Å²) in [5.41, 5.74) is 6.38. The standard InChI is InChI=1S/C16H22N2O2S/c1-12-2-7-15(19)18(9-8-12)10-11-20-14-5-3-13(4-6-14)16(17)21/h3-6,12H,2,7-11H2,1H3,(H2,17,21). The van der Waals surface area contributed by atoms with Crippen molar-refractivity contribution >= 4 is 23.1 Å². The Morgan fingerprint density at radius 1 is 1.38 bits per heavy atom. The highest BCUT2D eigenvalue weighted by atomic mass is 32.1. The number of carbonyl (C=O) groups excluding carboxylic acids is 1. The molecular formula is C16H22N2O2S. The predicted molar refractivity (Wildman–Crippen MR) is 87.4 cm³/mol. The summed E-state index contributed by atoms with van der Waals surface area (Å²) >= 11 is 4.91. The fourth-order valence-corrected chi connectivity index (χ4v) is 2.53. The van der Waals surface area contributed by atoms with Crippen LogP contribution >= 0.6 is 12.2 Å². The van der Waals surface area contributed by atoms with Crippen LogP contribution in [0.3, 0.4) is 0 Å². The summed E-state index contributed by atoms with van der Waals surface area (Å²) in [6.45, 7) is 4.19. The van der Waals surface area contributed by atoms with Crippen molar-refractivity contribution in [1.29, 1.82) is 0 Å². The van der Waals surface area contributed by atoms with E-state index < -0.39 is 0 Å². The van der Waals surface area contributed by atoms with Crippen molar-refractivity contribution in [2.75, 3.05) is 19.7 Å². The Labute approximate surface area is 131 Å². The molecule has 1 amide bonds. The Balaban J connectivity index is 1.80. The van der Waals surface area contributed by atoms with Crippen molar-refractivity contribution in [2.24, 2.45) is 11.7 Å². The molecule has 1 aliphatic heterocycles. The number of benzene rings is 1. The SMILES string of the molecule is CC1CCC(=O)N(CCOc2ccc(C(N)=S)cc2)CC1. The van der Waals surface area contributed by atoms with Gasteiger partial charge in [-0.05, 0) is 43.0 Å². The lowest BCUT2D eigenvalue weighted by molar-refractivity contribution is -0.131. The van der Waals surface area contributed by atoms with E-state index in [0.717, 1.165) is 30.7 Å². The van der Waals surface area contributed by atoms with Gasteiger partial charge in [-0.25, -0.2) is 0 Å². The first-order chi connectivity index (χ1) is 10.1. The zero-order valence-electron chi connectivity index (χ0n) is 12.4. The van der Waals surface area contributed by atoms with E-state index in [9.17, 15) is 4.79 Å². The molecule has 0 aliphatic carbocycles. The van der Waals surface area contributed by atoms with Crippen molar-refractivity contribution in [3.05, 3.63) is 29.8 Å². The van der Waals surface area contributed by atoms with Gasteiger partial charge in [0, 0.05) is 18.5 Å². The van der Waals surface area contributed by atoms with Crippen LogP contribution in [0.2, 0.25) is 0 Å². The summed E-state index contributed by atoms with van der Waals surface area (Å²) in [6, 6.07) is 7.38. The zero-order chi connectivity index (χ0) is 15.2. The lowest BCUT2D eigenvalue weighted by Gasteiger charge is -2.20. The summed E-state index contributed by atoms with van der Waals surface area (Å²) in [5, 5.41) is 0. The van der Waals surface area contributed by atoms with Crippen LogP contribution in [0, 0.1) is 5.92 Å². The molecule has 5 heteroatoms. The zero-order valence-corrected chi connectivity index (χ0v) is 13.2. The van der Waals surface area contributed by atoms with Crippen LogP contribution in [0.5, 0.6) is 5.75 Å². The molecule has 1 aromatic carbocycles. The molecule has 1 atom stereocenters. The first kappa shape index (κ1) is 15.8. The van der Waals surface area contributed by atoms with E-state index in [0.29, 0.717) is 30.5 Å². The third-order valence-corrected chi connectivity index (χ3v) is 4.10. The molecule has 1 unspecified atom stereocenters. The van der Waals surface area contributed by atoms with Gasteiger partial charge in [-0.1, -0.05) is 19.1 Å². The molecule has 114 valence electrons. The molecule has 1 fully saturated rings. The fraction of sp³-hybridized carbons (Fsp3) is 0.500. The summed E-state index contributed by atoms with van der Waals surface area (Å²) in [7, 11) is 0. The van der Waals surface area contributed by atoms with E-state index >= 15 is 0 Å². The maximum absolute atomic E-state index is 12.0. The highest BCUT2D eigenvalue weighted by Crippen LogP contribution is 2.17. The Morgan fingerprint density at radius 2 is 2.10 bits per heavy atom. The summed E-state index contributed by atoms with van der Waals surface area (Å²) in [6.07, 6.45) is 2.73. The van der Waals surface area contributed by atoms with Gasteiger partial charge in [0.1, 0.15) is 17.3 Å². The number of ether oxygens (including phenoxy) is 1. The molecule has 4 nitrogen and oxygen atoms in total. The topological polar surface area (TPSA) is 55.6 Å². The largest absolute Gasteiger partial charge is 0.492 e. The normalized spacial score (nSPS) is 19.2. The average Bonchev–Trinajstić information content (AvgIpc) is 2.63. The van der Waals surface area contributed by atoms with E-state index in [-0.39, 0.29) is 5.91 Å². The van der Waals surface area contributed by atoms with Gasteiger partial charge >= 0.3 is 0 Å². The highest BCUT2D eigenvalue weighted by molar-refractivity contribution is 7.80. The van der Waals surface area contributed by atoms with Crippen LogP contribution in [0.4, 0.5) is 0 Å². The number of nitrogens with two attached hydrogens (primary N) is 1. The van der Waals surface area contributed by atoms with Crippen LogP contribution in [0.15, 0.2) is 24.3 Å². The first-order valence-corrected chi connectivity index (χ1v) is 7.77. The van der Waals surface area contributed by atoms with Gasteiger partial charge in [0.05, 0.1) is 6.54 Å². The van der Waals surface area contributed by atoms with Gasteiger partial charge < -0.3 is 15.4 Å². The van der Waals surface area contributed by atoms with Crippen molar-refractivity contribution in [3.63, 3.8) is 0 Å². The second kappa shape index (κ2) is 7.41. The number of hydrogen-bond donors (Lipinski definition) is 1. The third kappa shape index (κ3) is 4.70. The van der Waals surface area contributed by atoms with Crippen LogP contribution < -0.4 is 10.5 Å². The predicted octanol–water partition coefficient (Wildman–Crippen LogP) is 2.35. The molecule has 21 heavy (non-hydrogen) atoms. The lowest BCUT2D eigenvalue weighted by Crippen LogP contribution is -2.34. The van der Waals surface area contributed by atoms with Gasteiger partial charge in [0.2, 0.25) is 5.91 Å². The number of thiocarbonyl (C=S) groups is 1.